The molecule has 4 heterocycles. The highest BCUT2D eigenvalue weighted by Gasteiger charge is 2.25. The molecule has 0 aromatic carbocycles. The summed E-state index contributed by atoms with van der Waals surface area (Å²) in [5, 5.41) is 4.24. The van der Waals surface area contributed by atoms with Gasteiger partial charge in [0.25, 0.3) is 5.91 Å². The molecule has 0 radical (unpaired) electrons. The average Bonchev–Trinajstić information content (AvgIpc) is 3.34. The van der Waals surface area contributed by atoms with Gasteiger partial charge in [-0.2, -0.15) is 0 Å². The molecule has 0 unspecified atom stereocenters. The van der Waals surface area contributed by atoms with Gasteiger partial charge in [-0.1, -0.05) is 25.9 Å². The highest BCUT2D eigenvalue weighted by Crippen LogP contribution is 2.32. The number of anilines is 2. The molecule has 1 saturated heterocycles. The van der Waals surface area contributed by atoms with Crippen molar-refractivity contribution >= 4 is 17.6 Å². The summed E-state index contributed by atoms with van der Waals surface area (Å²) in [5.74, 6) is 0.807. The van der Waals surface area contributed by atoms with Gasteiger partial charge in [0, 0.05) is 49.6 Å². The topological polar surface area (TPSA) is 120 Å². The quantitative estimate of drug-likeness (QED) is 0.493. The largest absolute Gasteiger partial charge is 0.476 e. The van der Waals surface area contributed by atoms with Crippen LogP contribution in [-0.4, -0.2) is 65.4 Å². The highest BCUT2D eigenvalue weighted by atomic mass is 16.5. The van der Waals surface area contributed by atoms with Gasteiger partial charge in [0.05, 0.1) is 31.0 Å². The van der Waals surface area contributed by atoms with Gasteiger partial charge in [0.15, 0.2) is 0 Å². The predicted octanol–water partition coefficient (Wildman–Crippen LogP) is 2.91. The number of pyridine rings is 2. The van der Waals surface area contributed by atoms with Crippen LogP contribution in [0.25, 0.3) is 0 Å². The maximum Gasteiger partial charge on any atom is 0.252 e. The second kappa shape index (κ2) is 10.8. The van der Waals surface area contributed by atoms with Gasteiger partial charge in [0.2, 0.25) is 11.8 Å². The number of morpholine rings is 1. The lowest BCUT2D eigenvalue weighted by molar-refractivity contribution is 0.0320. The minimum atomic E-state index is -0.574. The summed E-state index contributed by atoms with van der Waals surface area (Å²) in [5.41, 5.74) is 7.42. The number of aromatic nitrogens is 3. The van der Waals surface area contributed by atoms with Gasteiger partial charge in [0.1, 0.15) is 12.4 Å². The fourth-order valence-electron chi connectivity index (χ4n) is 3.72. The fourth-order valence-corrected chi connectivity index (χ4v) is 3.72. The van der Waals surface area contributed by atoms with Gasteiger partial charge < -0.3 is 19.7 Å². The number of hydrogen-bond donors (Lipinski definition) is 1. The van der Waals surface area contributed by atoms with Crippen molar-refractivity contribution in [2.75, 3.05) is 44.4 Å². The van der Waals surface area contributed by atoms with Crippen LogP contribution in [0, 0.1) is 0 Å². The first kappa shape index (κ1) is 24.6. The monoisotopic (exact) mass is 480 g/mol. The number of hydrogen-bond acceptors (Lipinski definition) is 9. The summed E-state index contributed by atoms with van der Waals surface area (Å²) in [7, 11) is 0. The Hall–Kier alpha value is -3.50. The van der Waals surface area contributed by atoms with Crippen LogP contribution in [-0.2, 0) is 16.7 Å². The molecule has 0 saturated carbocycles. The molecule has 10 nitrogen and oxygen atoms in total. The van der Waals surface area contributed by atoms with E-state index in [0.717, 1.165) is 44.1 Å². The zero-order valence-corrected chi connectivity index (χ0v) is 20.4. The maximum absolute atomic E-state index is 12.1. The minimum Gasteiger partial charge on any atom is -0.476 e. The van der Waals surface area contributed by atoms with Crippen molar-refractivity contribution in [2.24, 2.45) is 5.73 Å². The maximum atomic E-state index is 12.1. The van der Waals surface area contributed by atoms with Crippen molar-refractivity contribution in [3.05, 3.63) is 59.5 Å². The molecule has 186 valence electrons. The van der Waals surface area contributed by atoms with Crippen molar-refractivity contribution in [1.29, 1.82) is 0 Å². The molecule has 0 spiro atoms. The van der Waals surface area contributed by atoms with E-state index in [1.807, 2.05) is 18.2 Å². The number of primary amides is 1. The number of amides is 1. The Balaban J connectivity index is 1.56. The highest BCUT2D eigenvalue weighted by molar-refractivity contribution is 5.98. The van der Waals surface area contributed by atoms with Crippen LogP contribution in [0.3, 0.4) is 0 Å². The molecule has 2 N–H and O–H groups in total. The molecule has 3 aromatic rings. The number of nitrogens with two attached hydrogens (primary N) is 1. The molecule has 3 aromatic heterocycles. The van der Waals surface area contributed by atoms with E-state index in [1.165, 1.54) is 0 Å². The summed E-state index contributed by atoms with van der Waals surface area (Å²) in [6.45, 7) is 11.2. The number of nitrogens with zero attached hydrogens (tertiary/aromatic N) is 5. The van der Waals surface area contributed by atoms with Crippen LogP contribution in [0.15, 0.2) is 47.2 Å². The summed E-state index contributed by atoms with van der Waals surface area (Å²) in [6, 6.07) is 8.94. The van der Waals surface area contributed by atoms with E-state index in [0.29, 0.717) is 30.7 Å². The third kappa shape index (κ3) is 6.34. The molecule has 1 amide bonds. The summed E-state index contributed by atoms with van der Waals surface area (Å²) in [4.78, 5) is 25.0. The van der Waals surface area contributed by atoms with E-state index >= 15 is 0 Å². The van der Waals surface area contributed by atoms with Crippen LogP contribution in [0.4, 0.5) is 11.7 Å². The third-order valence-corrected chi connectivity index (χ3v) is 5.74. The van der Waals surface area contributed by atoms with Crippen LogP contribution >= 0.6 is 0 Å². The number of carbonyl (C=O) groups is 1. The van der Waals surface area contributed by atoms with Crippen LogP contribution in [0.2, 0.25) is 0 Å². The lowest BCUT2D eigenvalue weighted by atomic mass is 9.92. The Morgan fingerprint density at radius 3 is 2.69 bits per heavy atom. The summed E-state index contributed by atoms with van der Waals surface area (Å²) >= 11 is 0. The van der Waals surface area contributed by atoms with Crippen molar-refractivity contribution in [1.82, 2.24) is 20.0 Å². The van der Waals surface area contributed by atoms with E-state index in [-0.39, 0.29) is 11.0 Å². The predicted molar refractivity (Wildman–Crippen MR) is 131 cm³/mol. The normalized spacial score (nSPS) is 14.6. The summed E-state index contributed by atoms with van der Waals surface area (Å²) in [6.07, 6.45) is 3.31. The molecule has 4 rings (SSSR count). The molecule has 1 aliphatic heterocycles. The van der Waals surface area contributed by atoms with E-state index < -0.39 is 5.91 Å². The zero-order chi connectivity index (χ0) is 24.8. The standard InChI is InChI=1S/C25H32N6O4/c1-25(2,3)20-16-22(35-29-20)31(24-19(23(26)32)5-4-7-28-24)17-18-6-8-27-21(15-18)34-14-11-30-9-12-33-13-10-30/h4-8,15-16H,9-14,17H2,1-3H3,(H2,26,32). The second-order valence-corrected chi connectivity index (χ2v) is 9.43. The molecule has 1 aliphatic rings. The first-order valence-electron chi connectivity index (χ1n) is 11.7. The Morgan fingerprint density at radius 1 is 1.17 bits per heavy atom. The van der Waals surface area contributed by atoms with Crippen molar-refractivity contribution in [3.8, 4) is 5.88 Å². The first-order chi connectivity index (χ1) is 16.8. The van der Waals surface area contributed by atoms with E-state index in [1.54, 1.807) is 29.4 Å². The van der Waals surface area contributed by atoms with Crippen molar-refractivity contribution < 1.29 is 18.8 Å². The average molecular weight is 481 g/mol. The molecule has 0 bridgehead atoms. The lowest BCUT2D eigenvalue weighted by Crippen LogP contribution is -2.38. The van der Waals surface area contributed by atoms with Crippen LogP contribution < -0.4 is 15.4 Å². The number of carbonyl (C=O) groups excluding carboxylic acids is 1. The number of ether oxygens (including phenoxy) is 2. The molecule has 10 heteroatoms. The Kier molecular flexibility index (Phi) is 7.62. The number of rotatable bonds is 9. The Morgan fingerprint density at radius 2 is 1.97 bits per heavy atom. The molecule has 1 fully saturated rings. The molecular weight excluding hydrogens is 448 g/mol. The van der Waals surface area contributed by atoms with Crippen LogP contribution in [0.5, 0.6) is 5.88 Å². The van der Waals surface area contributed by atoms with Gasteiger partial charge in [-0.05, 0) is 23.8 Å². The molecule has 0 aliphatic carbocycles. The van der Waals surface area contributed by atoms with Crippen LogP contribution in [0.1, 0.15) is 42.4 Å². The molecular formula is C25H32N6O4. The molecule has 0 atom stereocenters. The van der Waals surface area contributed by atoms with Gasteiger partial charge in [-0.15, -0.1) is 0 Å². The molecule has 35 heavy (non-hydrogen) atoms. The third-order valence-electron chi connectivity index (χ3n) is 5.74. The van der Waals surface area contributed by atoms with Gasteiger partial charge >= 0.3 is 0 Å². The second-order valence-electron chi connectivity index (χ2n) is 9.43. The lowest BCUT2D eigenvalue weighted by Gasteiger charge is -2.26. The summed E-state index contributed by atoms with van der Waals surface area (Å²) < 4.78 is 17.0. The van der Waals surface area contributed by atoms with Crippen molar-refractivity contribution in [3.63, 3.8) is 0 Å². The first-order valence-corrected chi connectivity index (χ1v) is 11.7. The minimum absolute atomic E-state index is 0.206. The zero-order valence-electron chi connectivity index (χ0n) is 20.4. The van der Waals surface area contributed by atoms with E-state index in [9.17, 15) is 4.79 Å². The van der Waals surface area contributed by atoms with Gasteiger partial charge in [-0.25, -0.2) is 9.97 Å². The van der Waals surface area contributed by atoms with Gasteiger partial charge in [-0.3, -0.25) is 14.6 Å². The van der Waals surface area contributed by atoms with Crippen molar-refractivity contribution in [2.45, 2.75) is 32.7 Å². The Labute approximate surface area is 205 Å². The van der Waals surface area contributed by atoms with E-state index in [4.69, 9.17) is 19.7 Å². The smallest absolute Gasteiger partial charge is 0.252 e. The fraction of sp³-hybridized carbons (Fsp3) is 0.440. The van der Waals surface area contributed by atoms with E-state index in [2.05, 4.69) is 40.8 Å². The Bertz CT molecular complexity index is 1140. The SMILES string of the molecule is CC(C)(C)c1cc(N(Cc2ccnc(OCCN3CCOCC3)c2)c2ncccc2C(N)=O)on1.